The molecule has 0 spiro atoms. The molecule has 0 aliphatic heterocycles. The summed E-state index contributed by atoms with van der Waals surface area (Å²) in [4.78, 5) is 0. The van der Waals surface area contributed by atoms with Crippen LogP contribution in [-0.2, 0) is 0 Å². The van der Waals surface area contributed by atoms with Crippen molar-refractivity contribution in [2.75, 3.05) is 11.9 Å². The summed E-state index contributed by atoms with van der Waals surface area (Å²) in [6, 6.07) is 7.82. The van der Waals surface area contributed by atoms with Crippen molar-refractivity contribution < 1.29 is 0 Å². The average Bonchev–Trinajstić information content (AvgIpc) is 2.79. The van der Waals surface area contributed by atoms with Gasteiger partial charge in [-0.3, -0.25) is 0 Å². The van der Waals surface area contributed by atoms with Gasteiger partial charge in [-0.25, -0.2) is 0 Å². The lowest BCUT2D eigenvalue weighted by Crippen LogP contribution is -2.29. The zero-order valence-corrected chi connectivity index (χ0v) is 10.4. The number of nitrogens with two attached hydrogens (primary N) is 1. The molecule has 0 saturated heterocycles. The maximum atomic E-state index is 8.77. The van der Waals surface area contributed by atoms with Crippen molar-refractivity contribution in [2.45, 2.75) is 25.3 Å². The molecule has 1 aromatic carbocycles. The van der Waals surface area contributed by atoms with Gasteiger partial charge in [0.05, 0.1) is 22.3 Å². The van der Waals surface area contributed by atoms with Gasteiger partial charge in [-0.15, -0.1) is 0 Å². The van der Waals surface area contributed by atoms with E-state index in [0.29, 0.717) is 29.1 Å². The van der Waals surface area contributed by atoms with Crippen LogP contribution >= 0.6 is 11.6 Å². The fourth-order valence-electron chi connectivity index (χ4n) is 2.41. The Kier molecular flexibility index (Phi) is 3.88. The van der Waals surface area contributed by atoms with Gasteiger partial charge in [0.25, 0.3) is 0 Å². The van der Waals surface area contributed by atoms with Crippen LogP contribution in [-0.4, -0.2) is 12.6 Å². The first-order valence-corrected chi connectivity index (χ1v) is 6.28. The van der Waals surface area contributed by atoms with Gasteiger partial charge in [0.1, 0.15) is 0 Å². The number of rotatable bonds is 3. The molecule has 1 aliphatic rings. The summed E-state index contributed by atoms with van der Waals surface area (Å²) >= 11 is 6.13. The average molecular weight is 250 g/mol. The van der Waals surface area contributed by atoms with Crippen molar-refractivity contribution >= 4 is 17.3 Å². The van der Waals surface area contributed by atoms with Gasteiger partial charge in [0.15, 0.2) is 0 Å². The SMILES string of the molecule is N#Cc1ccc(NC2CCCC2CN)c(Cl)c1. The van der Waals surface area contributed by atoms with E-state index in [1.54, 1.807) is 12.1 Å². The summed E-state index contributed by atoms with van der Waals surface area (Å²) in [7, 11) is 0. The molecule has 90 valence electrons. The van der Waals surface area contributed by atoms with E-state index in [0.717, 1.165) is 12.1 Å². The first-order chi connectivity index (χ1) is 8.24. The molecule has 1 aliphatic carbocycles. The number of nitriles is 1. The maximum Gasteiger partial charge on any atom is 0.0992 e. The highest BCUT2D eigenvalue weighted by Crippen LogP contribution is 2.30. The molecule has 17 heavy (non-hydrogen) atoms. The monoisotopic (exact) mass is 249 g/mol. The third kappa shape index (κ3) is 2.71. The molecular weight excluding hydrogens is 234 g/mol. The predicted molar refractivity (Wildman–Crippen MR) is 70.0 cm³/mol. The third-order valence-electron chi connectivity index (χ3n) is 3.40. The Balaban J connectivity index is 2.11. The largest absolute Gasteiger partial charge is 0.381 e. The highest BCUT2D eigenvalue weighted by Gasteiger charge is 2.26. The lowest BCUT2D eigenvalue weighted by Gasteiger charge is -2.21. The van der Waals surface area contributed by atoms with Crippen LogP contribution in [0, 0.1) is 17.2 Å². The Hall–Kier alpha value is -1.24. The van der Waals surface area contributed by atoms with E-state index in [9.17, 15) is 0 Å². The second-order valence-corrected chi connectivity index (χ2v) is 4.89. The van der Waals surface area contributed by atoms with Crippen LogP contribution in [0.15, 0.2) is 18.2 Å². The molecule has 3 nitrogen and oxygen atoms in total. The van der Waals surface area contributed by atoms with Gasteiger partial charge >= 0.3 is 0 Å². The Labute approximate surface area is 107 Å². The van der Waals surface area contributed by atoms with Crippen LogP contribution in [0.2, 0.25) is 5.02 Å². The molecule has 0 bridgehead atoms. The molecule has 2 atom stereocenters. The van der Waals surface area contributed by atoms with Crippen molar-refractivity contribution in [2.24, 2.45) is 11.7 Å². The second-order valence-electron chi connectivity index (χ2n) is 4.48. The number of benzene rings is 1. The quantitative estimate of drug-likeness (QED) is 0.866. The first-order valence-electron chi connectivity index (χ1n) is 5.91. The molecule has 3 N–H and O–H groups in total. The first kappa shape index (κ1) is 12.2. The molecule has 4 heteroatoms. The van der Waals surface area contributed by atoms with Gasteiger partial charge in [-0.1, -0.05) is 18.0 Å². The van der Waals surface area contributed by atoms with Gasteiger partial charge in [0.2, 0.25) is 0 Å². The van der Waals surface area contributed by atoms with Crippen LogP contribution in [0.25, 0.3) is 0 Å². The lowest BCUT2D eigenvalue weighted by atomic mass is 10.0. The standard InChI is InChI=1S/C13H16ClN3/c14-11-6-9(7-15)4-5-13(11)17-12-3-1-2-10(12)8-16/h4-6,10,12,17H,1-3,8,16H2. The van der Waals surface area contributed by atoms with Crippen molar-refractivity contribution in [1.82, 2.24) is 0 Å². The van der Waals surface area contributed by atoms with Gasteiger partial charge in [-0.05, 0) is 43.5 Å². The predicted octanol–water partition coefficient (Wildman–Crippen LogP) is 2.75. The molecule has 1 fully saturated rings. The van der Waals surface area contributed by atoms with Crippen molar-refractivity contribution in [3.05, 3.63) is 28.8 Å². The molecular formula is C13H16ClN3. The molecule has 0 amide bonds. The van der Waals surface area contributed by atoms with Crippen molar-refractivity contribution in [3.8, 4) is 6.07 Å². The Morgan fingerprint density at radius 3 is 2.94 bits per heavy atom. The highest BCUT2D eigenvalue weighted by atomic mass is 35.5. The minimum Gasteiger partial charge on any atom is -0.381 e. The third-order valence-corrected chi connectivity index (χ3v) is 3.71. The van der Waals surface area contributed by atoms with E-state index >= 15 is 0 Å². The van der Waals surface area contributed by atoms with Crippen molar-refractivity contribution in [3.63, 3.8) is 0 Å². The summed E-state index contributed by atoms with van der Waals surface area (Å²) in [6.07, 6.45) is 3.54. The van der Waals surface area contributed by atoms with Crippen LogP contribution in [0.1, 0.15) is 24.8 Å². The summed E-state index contributed by atoms with van der Waals surface area (Å²) in [5.41, 5.74) is 7.23. The summed E-state index contributed by atoms with van der Waals surface area (Å²) < 4.78 is 0. The molecule has 1 saturated carbocycles. The molecule has 2 unspecified atom stereocenters. The fourth-order valence-corrected chi connectivity index (χ4v) is 2.65. The van der Waals surface area contributed by atoms with Crippen LogP contribution in [0.3, 0.4) is 0 Å². The molecule has 0 radical (unpaired) electrons. The zero-order valence-electron chi connectivity index (χ0n) is 9.62. The minimum atomic E-state index is 0.408. The Bertz CT molecular complexity index is 439. The second kappa shape index (κ2) is 5.39. The highest BCUT2D eigenvalue weighted by molar-refractivity contribution is 6.33. The van der Waals surface area contributed by atoms with E-state index < -0.39 is 0 Å². The van der Waals surface area contributed by atoms with Gasteiger partial charge < -0.3 is 11.1 Å². The number of hydrogen-bond acceptors (Lipinski definition) is 3. The number of halogens is 1. The van der Waals surface area contributed by atoms with Gasteiger partial charge in [0, 0.05) is 6.04 Å². The Morgan fingerprint density at radius 2 is 2.29 bits per heavy atom. The number of nitrogens with one attached hydrogen (secondary N) is 1. The number of anilines is 1. The fraction of sp³-hybridized carbons (Fsp3) is 0.462. The zero-order chi connectivity index (χ0) is 12.3. The van der Waals surface area contributed by atoms with E-state index in [2.05, 4.69) is 11.4 Å². The van der Waals surface area contributed by atoms with Crippen LogP contribution in [0.5, 0.6) is 0 Å². The number of hydrogen-bond donors (Lipinski definition) is 2. The van der Waals surface area contributed by atoms with E-state index in [4.69, 9.17) is 22.6 Å². The summed E-state index contributed by atoms with van der Waals surface area (Å²) in [5.74, 6) is 0.529. The number of nitrogens with zero attached hydrogens (tertiary/aromatic N) is 1. The lowest BCUT2D eigenvalue weighted by molar-refractivity contribution is 0.516. The Morgan fingerprint density at radius 1 is 1.47 bits per heavy atom. The van der Waals surface area contributed by atoms with E-state index in [1.807, 2.05) is 6.07 Å². The van der Waals surface area contributed by atoms with Gasteiger partial charge in [-0.2, -0.15) is 5.26 Å². The molecule has 0 aromatic heterocycles. The van der Waals surface area contributed by atoms with E-state index in [-0.39, 0.29) is 0 Å². The normalized spacial score (nSPS) is 23.4. The molecule has 2 rings (SSSR count). The smallest absolute Gasteiger partial charge is 0.0992 e. The summed E-state index contributed by atoms with van der Waals surface area (Å²) in [6.45, 7) is 0.714. The van der Waals surface area contributed by atoms with Crippen molar-refractivity contribution in [1.29, 1.82) is 5.26 Å². The minimum absolute atomic E-state index is 0.408. The topological polar surface area (TPSA) is 61.8 Å². The molecule has 0 heterocycles. The molecule has 1 aromatic rings. The van der Waals surface area contributed by atoms with E-state index in [1.165, 1.54) is 12.8 Å². The van der Waals surface area contributed by atoms with Crippen LogP contribution < -0.4 is 11.1 Å². The summed E-state index contributed by atoms with van der Waals surface area (Å²) in [5, 5.41) is 12.8. The maximum absolute atomic E-state index is 8.77. The van der Waals surface area contributed by atoms with Crippen LogP contribution in [0.4, 0.5) is 5.69 Å².